The summed E-state index contributed by atoms with van der Waals surface area (Å²) in [5.41, 5.74) is 8.54. The molecule has 110 valence electrons. The van der Waals surface area contributed by atoms with Crippen LogP contribution in [0.5, 0.6) is 0 Å². The van der Waals surface area contributed by atoms with E-state index in [1.165, 1.54) is 11.3 Å². The van der Waals surface area contributed by atoms with Crippen LogP contribution in [0.25, 0.3) is 0 Å². The largest absolute Gasteiger partial charge is 0.465 e. The lowest BCUT2D eigenvalue weighted by molar-refractivity contribution is -0.144. The molecule has 0 spiro atoms. The molecule has 2 rings (SSSR count). The second-order valence-electron chi connectivity index (χ2n) is 5.53. The topological polar surface area (TPSA) is 55.6 Å². The molecule has 2 unspecified atom stereocenters. The molecule has 0 aliphatic carbocycles. The van der Waals surface area contributed by atoms with Crippen molar-refractivity contribution >= 4 is 11.7 Å². The van der Waals surface area contributed by atoms with E-state index in [1.807, 2.05) is 0 Å². The fourth-order valence-electron chi connectivity index (χ4n) is 2.78. The predicted octanol–water partition coefficient (Wildman–Crippen LogP) is 1.97. The maximum absolute atomic E-state index is 11.6. The Bertz CT molecular complexity index is 462. The molecule has 1 aromatic rings. The van der Waals surface area contributed by atoms with Gasteiger partial charge in [0.15, 0.2) is 0 Å². The van der Waals surface area contributed by atoms with Gasteiger partial charge in [-0.25, -0.2) is 0 Å². The summed E-state index contributed by atoms with van der Waals surface area (Å²) in [6, 6.07) is 7.95. The lowest BCUT2D eigenvalue weighted by Crippen LogP contribution is -2.40. The van der Waals surface area contributed by atoms with Gasteiger partial charge in [-0.2, -0.15) is 0 Å². The lowest BCUT2D eigenvalue weighted by Gasteiger charge is -2.35. The standard InChI is InChI=1S/C16H24N2O2/c1-3-20-16(19)14(17)8-9-18-11-12(2)10-13-6-4-5-7-15(13)18/h4-7,12,14H,3,8-11,17H2,1-2H3. The predicted molar refractivity (Wildman–Crippen MR) is 80.7 cm³/mol. The Morgan fingerprint density at radius 1 is 1.50 bits per heavy atom. The van der Waals surface area contributed by atoms with Crippen molar-refractivity contribution in [1.82, 2.24) is 0 Å². The number of nitrogens with two attached hydrogens (primary N) is 1. The zero-order valence-electron chi connectivity index (χ0n) is 12.3. The first-order valence-electron chi connectivity index (χ1n) is 7.37. The molecule has 1 aromatic carbocycles. The fraction of sp³-hybridized carbons (Fsp3) is 0.562. The number of fused-ring (bicyclic) bond motifs is 1. The number of rotatable bonds is 5. The summed E-state index contributed by atoms with van der Waals surface area (Å²) in [7, 11) is 0. The molecule has 1 aliphatic rings. The monoisotopic (exact) mass is 276 g/mol. The second kappa shape index (κ2) is 6.75. The Labute approximate surface area is 120 Å². The van der Waals surface area contributed by atoms with Gasteiger partial charge in [0.05, 0.1) is 6.61 Å². The molecule has 0 saturated heterocycles. The minimum Gasteiger partial charge on any atom is -0.465 e. The molecule has 0 bridgehead atoms. The van der Waals surface area contributed by atoms with Crippen LogP contribution in [0.2, 0.25) is 0 Å². The number of benzene rings is 1. The third-order valence-electron chi connectivity index (χ3n) is 3.73. The van der Waals surface area contributed by atoms with Crippen molar-refractivity contribution in [2.24, 2.45) is 11.7 Å². The second-order valence-corrected chi connectivity index (χ2v) is 5.53. The minimum absolute atomic E-state index is 0.300. The zero-order valence-corrected chi connectivity index (χ0v) is 12.3. The molecule has 0 amide bonds. The minimum atomic E-state index is -0.528. The number of carbonyl (C=O) groups is 1. The summed E-state index contributed by atoms with van der Waals surface area (Å²) in [4.78, 5) is 13.9. The van der Waals surface area contributed by atoms with Crippen LogP contribution in [-0.2, 0) is 16.0 Å². The molecule has 4 nitrogen and oxygen atoms in total. The third kappa shape index (κ3) is 3.51. The summed E-state index contributed by atoms with van der Waals surface area (Å²) < 4.78 is 4.95. The smallest absolute Gasteiger partial charge is 0.322 e. The Balaban J connectivity index is 1.98. The molecule has 0 saturated carbocycles. The van der Waals surface area contributed by atoms with Crippen LogP contribution in [0.15, 0.2) is 24.3 Å². The first kappa shape index (κ1) is 14.9. The summed E-state index contributed by atoms with van der Waals surface area (Å²) in [5, 5.41) is 0. The summed E-state index contributed by atoms with van der Waals surface area (Å²) in [6.45, 7) is 6.26. The fourth-order valence-corrected chi connectivity index (χ4v) is 2.78. The normalized spacial score (nSPS) is 19.4. The van der Waals surface area contributed by atoms with E-state index < -0.39 is 6.04 Å². The van der Waals surface area contributed by atoms with Crippen LogP contribution in [0, 0.1) is 5.92 Å². The Morgan fingerprint density at radius 2 is 2.25 bits per heavy atom. The highest BCUT2D eigenvalue weighted by atomic mass is 16.5. The Kier molecular flexibility index (Phi) is 5.01. The van der Waals surface area contributed by atoms with E-state index >= 15 is 0 Å². The van der Waals surface area contributed by atoms with Crippen molar-refractivity contribution in [2.75, 3.05) is 24.6 Å². The van der Waals surface area contributed by atoms with Crippen LogP contribution >= 0.6 is 0 Å². The third-order valence-corrected chi connectivity index (χ3v) is 3.73. The molecule has 20 heavy (non-hydrogen) atoms. The molecular formula is C16H24N2O2. The van der Waals surface area contributed by atoms with Gasteiger partial charge in [-0.05, 0) is 37.3 Å². The number of hydrogen-bond donors (Lipinski definition) is 1. The van der Waals surface area contributed by atoms with Gasteiger partial charge < -0.3 is 15.4 Å². The number of carbonyl (C=O) groups excluding carboxylic acids is 1. The van der Waals surface area contributed by atoms with Crippen molar-refractivity contribution in [3.63, 3.8) is 0 Å². The van der Waals surface area contributed by atoms with E-state index in [4.69, 9.17) is 10.5 Å². The van der Waals surface area contributed by atoms with E-state index in [1.54, 1.807) is 6.92 Å². The van der Waals surface area contributed by atoms with Crippen LogP contribution in [0.1, 0.15) is 25.8 Å². The molecule has 0 fully saturated rings. The highest BCUT2D eigenvalue weighted by Gasteiger charge is 2.23. The van der Waals surface area contributed by atoms with E-state index in [0.29, 0.717) is 18.9 Å². The van der Waals surface area contributed by atoms with Crippen LogP contribution < -0.4 is 10.6 Å². The van der Waals surface area contributed by atoms with Crippen LogP contribution in [-0.4, -0.2) is 31.7 Å². The maximum Gasteiger partial charge on any atom is 0.322 e. The zero-order chi connectivity index (χ0) is 14.5. The van der Waals surface area contributed by atoms with Crippen molar-refractivity contribution in [3.8, 4) is 0 Å². The number of esters is 1. The number of para-hydroxylation sites is 1. The van der Waals surface area contributed by atoms with Gasteiger partial charge in [-0.1, -0.05) is 25.1 Å². The Hall–Kier alpha value is -1.55. The van der Waals surface area contributed by atoms with Gasteiger partial charge in [0.2, 0.25) is 0 Å². The van der Waals surface area contributed by atoms with Gasteiger partial charge in [0, 0.05) is 18.8 Å². The van der Waals surface area contributed by atoms with E-state index in [2.05, 4.69) is 36.1 Å². The molecule has 0 aromatic heterocycles. The van der Waals surface area contributed by atoms with Crippen LogP contribution in [0.4, 0.5) is 5.69 Å². The van der Waals surface area contributed by atoms with Gasteiger partial charge >= 0.3 is 5.97 Å². The van der Waals surface area contributed by atoms with Gasteiger partial charge in [0.25, 0.3) is 0 Å². The molecule has 2 N–H and O–H groups in total. The van der Waals surface area contributed by atoms with Crippen molar-refractivity contribution in [1.29, 1.82) is 0 Å². The van der Waals surface area contributed by atoms with E-state index in [9.17, 15) is 4.79 Å². The molecule has 2 atom stereocenters. The van der Waals surface area contributed by atoms with E-state index in [-0.39, 0.29) is 5.97 Å². The summed E-state index contributed by atoms with van der Waals surface area (Å²) >= 11 is 0. The molecule has 1 heterocycles. The molecule has 0 radical (unpaired) electrons. The van der Waals surface area contributed by atoms with Gasteiger partial charge in [-0.15, -0.1) is 0 Å². The molecular weight excluding hydrogens is 252 g/mol. The quantitative estimate of drug-likeness (QED) is 0.835. The maximum atomic E-state index is 11.6. The first-order chi connectivity index (χ1) is 9.61. The average Bonchev–Trinajstić information content (AvgIpc) is 2.44. The highest BCUT2D eigenvalue weighted by molar-refractivity contribution is 5.75. The molecule has 1 aliphatic heterocycles. The van der Waals surface area contributed by atoms with Crippen molar-refractivity contribution < 1.29 is 9.53 Å². The van der Waals surface area contributed by atoms with Crippen LogP contribution in [0.3, 0.4) is 0 Å². The number of nitrogens with zero attached hydrogens (tertiary/aromatic N) is 1. The molecule has 4 heteroatoms. The SMILES string of the molecule is CCOC(=O)C(N)CCN1CC(C)Cc2ccccc21. The Morgan fingerprint density at radius 3 is 3.00 bits per heavy atom. The first-order valence-corrected chi connectivity index (χ1v) is 7.37. The van der Waals surface area contributed by atoms with E-state index in [0.717, 1.165) is 19.5 Å². The number of anilines is 1. The summed E-state index contributed by atoms with van der Waals surface area (Å²) in [6.07, 6.45) is 1.75. The lowest BCUT2D eigenvalue weighted by atomic mass is 9.93. The summed E-state index contributed by atoms with van der Waals surface area (Å²) in [5.74, 6) is 0.328. The average molecular weight is 276 g/mol. The van der Waals surface area contributed by atoms with Crippen molar-refractivity contribution in [3.05, 3.63) is 29.8 Å². The van der Waals surface area contributed by atoms with Gasteiger partial charge in [-0.3, -0.25) is 4.79 Å². The van der Waals surface area contributed by atoms with Gasteiger partial charge in [0.1, 0.15) is 6.04 Å². The number of hydrogen-bond acceptors (Lipinski definition) is 4. The highest BCUT2D eigenvalue weighted by Crippen LogP contribution is 2.29. The number of ether oxygens (including phenoxy) is 1. The van der Waals surface area contributed by atoms with Crippen molar-refractivity contribution in [2.45, 2.75) is 32.7 Å².